The molecule has 20 heavy (non-hydrogen) atoms. The van der Waals surface area contributed by atoms with Crippen molar-refractivity contribution in [3.8, 4) is 0 Å². The summed E-state index contributed by atoms with van der Waals surface area (Å²) in [5, 5.41) is 8.36. The van der Waals surface area contributed by atoms with Crippen LogP contribution in [0.5, 0.6) is 0 Å². The number of rotatable bonds is 4. The third-order valence-corrected chi connectivity index (χ3v) is 5.43. The molecule has 2 heterocycles. The van der Waals surface area contributed by atoms with Gasteiger partial charge in [-0.05, 0) is 39.0 Å². The van der Waals surface area contributed by atoms with Gasteiger partial charge >= 0.3 is 0 Å². The molecule has 3 rings (SSSR count). The summed E-state index contributed by atoms with van der Waals surface area (Å²) >= 11 is 5.12. The monoisotopic (exact) mass is 350 g/mol. The Hall–Kier alpha value is -1.33. The highest BCUT2D eigenvalue weighted by molar-refractivity contribution is 9.10. The Morgan fingerprint density at radius 1 is 1.40 bits per heavy atom. The highest BCUT2D eigenvalue weighted by Gasteiger charge is 2.23. The first-order valence-electron chi connectivity index (χ1n) is 6.55. The van der Waals surface area contributed by atoms with E-state index in [4.69, 9.17) is 0 Å². The molecular weight excluding hydrogens is 336 g/mol. The van der Waals surface area contributed by atoms with Crippen molar-refractivity contribution in [3.05, 3.63) is 50.6 Å². The topological polar surface area (TPSA) is 41.1 Å². The van der Waals surface area contributed by atoms with Gasteiger partial charge in [-0.25, -0.2) is 0 Å². The lowest BCUT2D eigenvalue weighted by molar-refractivity contribution is -0.121. The van der Waals surface area contributed by atoms with Crippen molar-refractivity contribution in [1.82, 2.24) is 5.32 Å². The van der Waals surface area contributed by atoms with Crippen molar-refractivity contribution in [2.75, 3.05) is 11.9 Å². The first kappa shape index (κ1) is 13.6. The van der Waals surface area contributed by atoms with E-state index in [-0.39, 0.29) is 11.8 Å². The number of carbonyl (C=O) groups is 1. The van der Waals surface area contributed by atoms with Gasteiger partial charge in [-0.15, -0.1) is 11.3 Å². The van der Waals surface area contributed by atoms with Gasteiger partial charge in [0.2, 0.25) is 5.91 Å². The van der Waals surface area contributed by atoms with Gasteiger partial charge in [0, 0.05) is 33.9 Å². The number of benzene rings is 1. The standard InChI is InChI=1S/C15H15BrN2OS/c16-12-5-6-20-14(12)9-18-15(19)7-10-8-17-13-4-2-1-3-11(10)13/h1-6,10,17H,7-9H2,(H,18,19). The number of amides is 1. The molecule has 1 aromatic heterocycles. The van der Waals surface area contributed by atoms with Crippen molar-refractivity contribution >= 4 is 38.9 Å². The maximum atomic E-state index is 12.1. The van der Waals surface area contributed by atoms with Crippen molar-refractivity contribution in [1.29, 1.82) is 0 Å². The summed E-state index contributed by atoms with van der Waals surface area (Å²) in [6.45, 7) is 1.44. The fourth-order valence-corrected chi connectivity index (χ4v) is 3.90. The van der Waals surface area contributed by atoms with Crippen LogP contribution >= 0.6 is 27.3 Å². The number of anilines is 1. The fourth-order valence-electron chi connectivity index (χ4n) is 2.47. The van der Waals surface area contributed by atoms with E-state index in [1.807, 2.05) is 23.6 Å². The molecule has 0 saturated carbocycles. The van der Waals surface area contributed by atoms with E-state index in [9.17, 15) is 4.79 Å². The Kier molecular flexibility index (Phi) is 4.08. The van der Waals surface area contributed by atoms with Gasteiger partial charge in [-0.2, -0.15) is 0 Å². The number of fused-ring (bicyclic) bond motifs is 1. The number of carbonyl (C=O) groups excluding carboxylic acids is 1. The Morgan fingerprint density at radius 3 is 3.05 bits per heavy atom. The highest BCUT2D eigenvalue weighted by atomic mass is 79.9. The van der Waals surface area contributed by atoms with Crippen LogP contribution in [0.1, 0.15) is 22.8 Å². The minimum absolute atomic E-state index is 0.105. The molecule has 1 aliphatic rings. The molecule has 0 radical (unpaired) electrons. The summed E-state index contributed by atoms with van der Waals surface area (Å²) in [6.07, 6.45) is 0.535. The molecule has 0 fully saturated rings. The molecule has 1 atom stereocenters. The maximum Gasteiger partial charge on any atom is 0.220 e. The summed E-state index contributed by atoms with van der Waals surface area (Å²) in [5.41, 5.74) is 2.41. The molecule has 0 spiro atoms. The molecular formula is C15H15BrN2OS. The number of para-hydroxylation sites is 1. The van der Waals surface area contributed by atoms with E-state index in [2.05, 4.69) is 38.7 Å². The van der Waals surface area contributed by atoms with E-state index in [0.29, 0.717) is 13.0 Å². The lowest BCUT2D eigenvalue weighted by Crippen LogP contribution is -2.24. The Balaban J connectivity index is 1.57. The third-order valence-electron chi connectivity index (χ3n) is 3.51. The molecule has 2 N–H and O–H groups in total. The van der Waals surface area contributed by atoms with Crippen LogP contribution in [0.4, 0.5) is 5.69 Å². The summed E-state index contributed by atoms with van der Waals surface area (Å²) in [6, 6.07) is 10.2. The molecule has 5 heteroatoms. The quantitative estimate of drug-likeness (QED) is 0.881. The smallest absolute Gasteiger partial charge is 0.220 e. The van der Waals surface area contributed by atoms with Crippen LogP contribution in [0.25, 0.3) is 0 Å². The van der Waals surface area contributed by atoms with Crippen LogP contribution in [0.3, 0.4) is 0 Å². The fraction of sp³-hybridized carbons (Fsp3) is 0.267. The molecule has 0 aliphatic carbocycles. The first-order chi connectivity index (χ1) is 9.74. The lowest BCUT2D eigenvalue weighted by atomic mass is 9.97. The van der Waals surface area contributed by atoms with Gasteiger partial charge in [0.25, 0.3) is 0 Å². The number of thiophene rings is 1. The normalized spacial score (nSPS) is 16.6. The van der Waals surface area contributed by atoms with Crippen LogP contribution < -0.4 is 10.6 Å². The second kappa shape index (κ2) is 5.97. The van der Waals surface area contributed by atoms with Crippen molar-refractivity contribution in [2.24, 2.45) is 0 Å². The van der Waals surface area contributed by atoms with E-state index >= 15 is 0 Å². The van der Waals surface area contributed by atoms with Crippen LogP contribution in [0, 0.1) is 0 Å². The van der Waals surface area contributed by atoms with Crippen LogP contribution in [-0.4, -0.2) is 12.5 Å². The van der Waals surface area contributed by atoms with E-state index in [1.165, 1.54) is 5.56 Å². The van der Waals surface area contributed by atoms with Gasteiger partial charge in [-0.1, -0.05) is 18.2 Å². The number of nitrogens with one attached hydrogen (secondary N) is 2. The zero-order chi connectivity index (χ0) is 13.9. The van der Waals surface area contributed by atoms with Crippen molar-refractivity contribution in [2.45, 2.75) is 18.9 Å². The van der Waals surface area contributed by atoms with E-state index in [1.54, 1.807) is 11.3 Å². The summed E-state index contributed by atoms with van der Waals surface area (Å²) in [4.78, 5) is 13.2. The Labute approximate surface area is 130 Å². The predicted molar refractivity (Wildman–Crippen MR) is 86.2 cm³/mol. The highest BCUT2D eigenvalue weighted by Crippen LogP contribution is 2.33. The molecule has 0 saturated heterocycles. The zero-order valence-corrected chi connectivity index (χ0v) is 13.3. The minimum Gasteiger partial charge on any atom is -0.384 e. The molecule has 3 nitrogen and oxygen atoms in total. The predicted octanol–water partition coefficient (Wildman–Crippen LogP) is 3.73. The Morgan fingerprint density at radius 2 is 2.25 bits per heavy atom. The zero-order valence-electron chi connectivity index (χ0n) is 10.9. The van der Waals surface area contributed by atoms with Crippen LogP contribution in [0.2, 0.25) is 0 Å². The minimum atomic E-state index is 0.105. The lowest BCUT2D eigenvalue weighted by Gasteiger charge is -2.10. The molecule has 2 aromatic rings. The second-order valence-corrected chi connectivity index (χ2v) is 6.69. The van der Waals surface area contributed by atoms with Gasteiger partial charge in [0.1, 0.15) is 0 Å². The van der Waals surface area contributed by atoms with Crippen molar-refractivity contribution < 1.29 is 4.79 Å². The van der Waals surface area contributed by atoms with E-state index in [0.717, 1.165) is 21.6 Å². The van der Waals surface area contributed by atoms with Gasteiger partial charge in [0.15, 0.2) is 0 Å². The molecule has 1 aliphatic heterocycles. The molecule has 1 aromatic carbocycles. The Bertz CT molecular complexity index is 626. The van der Waals surface area contributed by atoms with Gasteiger partial charge in [0.05, 0.1) is 6.54 Å². The summed E-state index contributed by atoms with van der Waals surface area (Å²) < 4.78 is 1.07. The maximum absolute atomic E-state index is 12.1. The average molecular weight is 351 g/mol. The molecule has 1 unspecified atom stereocenters. The van der Waals surface area contributed by atoms with Crippen LogP contribution in [0.15, 0.2) is 40.2 Å². The largest absolute Gasteiger partial charge is 0.384 e. The van der Waals surface area contributed by atoms with Crippen LogP contribution in [-0.2, 0) is 11.3 Å². The van der Waals surface area contributed by atoms with Crippen molar-refractivity contribution in [3.63, 3.8) is 0 Å². The summed E-state index contributed by atoms with van der Waals surface area (Å²) in [5.74, 6) is 0.381. The number of hydrogen-bond donors (Lipinski definition) is 2. The van der Waals surface area contributed by atoms with E-state index < -0.39 is 0 Å². The number of halogens is 1. The third kappa shape index (κ3) is 2.88. The SMILES string of the molecule is O=C(CC1CNc2ccccc21)NCc1sccc1Br. The van der Waals surface area contributed by atoms with Gasteiger partial charge in [-0.3, -0.25) is 4.79 Å². The molecule has 104 valence electrons. The second-order valence-electron chi connectivity index (χ2n) is 4.84. The molecule has 1 amide bonds. The first-order valence-corrected chi connectivity index (χ1v) is 8.22. The molecule has 0 bridgehead atoms. The van der Waals surface area contributed by atoms with Gasteiger partial charge < -0.3 is 10.6 Å². The number of hydrogen-bond acceptors (Lipinski definition) is 3. The summed E-state index contributed by atoms with van der Waals surface area (Å²) in [7, 11) is 0. The average Bonchev–Trinajstić information content (AvgIpc) is 3.04.